The molecule has 0 bridgehead atoms. The molecule has 0 atom stereocenters. The van der Waals surface area contributed by atoms with Gasteiger partial charge in [-0.05, 0) is 11.4 Å². The standard InChI is InChI=1S/C13H11N3O2S2/c1-16(7-9-4-5-14-18-9)13(17)10-8-20-12(15-10)11-3-2-6-19-11/h2-6,8H,7H2,1H3. The predicted octanol–water partition coefficient (Wildman–Crippen LogP) is 3.13. The van der Waals surface area contributed by atoms with Crippen molar-refractivity contribution in [2.45, 2.75) is 6.54 Å². The monoisotopic (exact) mass is 305 g/mol. The molecule has 0 unspecified atom stereocenters. The van der Waals surface area contributed by atoms with Crippen LogP contribution in [0.5, 0.6) is 0 Å². The summed E-state index contributed by atoms with van der Waals surface area (Å²) in [6.45, 7) is 0.380. The second-order valence-electron chi connectivity index (χ2n) is 4.16. The molecule has 20 heavy (non-hydrogen) atoms. The van der Waals surface area contributed by atoms with Gasteiger partial charge in [0.2, 0.25) is 0 Å². The Bertz CT molecular complexity index is 689. The number of thiophene rings is 1. The van der Waals surface area contributed by atoms with E-state index in [1.165, 1.54) is 11.3 Å². The molecule has 5 nitrogen and oxygen atoms in total. The molecule has 3 rings (SSSR count). The SMILES string of the molecule is CN(Cc1ccno1)C(=O)c1csc(-c2cccs2)n1. The van der Waals surface area contributed by atoms with Crippen molar-refractivity contribution in [3.63, 3.8) is 0 Å². The van der Waals surface area contributed by atoms with Crippen LogP contribution >= 0.6 is 22.7 Å². The van der Waals surface area contributed by atoms with Crippen molar-refractivity contribution in [1.82, 2.24) is 15.0 Å². The van der Waals surface area contributed by atoms with Gasteiger partial charge in [0.15, 0.2) is 5.76 Å². The lowest BCUT2D eigenvalue weighted by molar-refractivity contribution is 0.0767. The van der Waals surface area contributed by atoms with Gasteiger partial charge in [-0.25, -0.2) is 4.98 Å². The van der Waals surface area contributed by atoms with Gasteiger partial charge in [0.1, 0.15) is 10.7 Å². The maximum Gasteiger partial charge on any atom is 0.273 e. The van der Waals surface area contributed by atoms with Crippen molar-refractivity contribution in [3.05, 3.63) is 46.6 Å². The Morgan fingerprint density at radius 2 is 2.30 bits per heavy atom. The molecule has 102 valence electrons. The Morgan fingerprint density at radius 3 is 3.00 bits per heavy atom. The van der Waals surface area contributed by atoms with Gasteiger partial charge < -0.3 is 9.42 Å². The highest BCUT2D eigenvalue weighted by Gasteiger charge is 2.17. The largest absolute Gasteiger partial charge is 0.360 e. The minimum Gasteiger partial charge on any atom is -0.360 e. The van der Waals surface area contributed by atoms with Crippen LogP contribution in [0.4, 0.5) is 0 Å². The molecule has 7 heteroatoms. The lowest BCUT2D eigenvalue weighted by Gasteiger charge is -2.13. The van der Waals surface area contributed by atoms with Crippen LogP contribution in [0.1, 0.15) is 16.2 Å². The molecule has 0 spiro atoms. The summed E-state index contributed by atoms with van der Waals surface area (Å²) >= 11 is 3.09. The van der Waals surface area contributed by atoms with Gasteiger partial charge in [0.05, 0.1) is 17.6 Å². The molecule has 0 aliphatic heterocycles. The molecule has 3 aromatic heterocycles. The molecule has 0 N–H and O–H groups in total. The Hall–Kier alpha value is -1.99. The van der Waals surface area contributed by atoms with E-state index in [9.17, 15) is 4.79 Å². The summed E-state index contributed by atoms with van der Waals surface area (Å²) in [7, 11) is 1.72. The number of carbonyl (C=O) groups excluding carboxylic acids is 1. The lowest BCUT2D eigenvalue weighted by atomic mass is 10.3. The Balaban J connectivity index is 1.74. The molecule has 0 aliphatic rings. The zero-order valence-corrected chi connectivity index (χ0v) is 12.3. The van der Waals surface area contributed by atoms with E-state index >= 15 is 0 Å². The lowest BCUT2D eigenvalue weighted by Crippen LogP contribution is -2.26. The van der Waals surface area contributed by atoms with Gasteiger partial charge in [0.25, 0.3) is 5.91 Å². The normalized spacial score (nSPS) is 10.7. The molecule has 0 radical (unpaired) electrons. The van der Waals surface area contributed by atoms with Crippen LogP contribution in [0.25, 0.3) is 9.88 Å². The van der Waals surface area contributed by atoms with Crippen LogP contribution in [0.2, 0.25) is 0 Å². The molecule has 1 amide bonds. The third kappa shape index (κ3) is 2.63. The van der Waals surface area contributed by atoms with Gasteiger partial charge in [-0.3, -0.25) is 4.79 Å². The molecule has 3 heterocycles. The van der Waals surface area contributed by atoms with Crippen molar-refractivity contribution in [3.8, 4) is 9.88 Å². The summed E-state index contributed by atoms with van der Waals surface area (Å²) < 4.78 is 4.99. The van der Waals surface area contributed by atoms with Gasteiger partial charge in [-0.1, -0.05) is 11.2 Å². The fourth-order valence-electron chi connectivity index (χ4n) is 1.71. The molecular formula is C13H11N3O2S2. The second-order valence-corrected chi connectivity index (χ2v) is 5.96. The first-order valence-corrected chi connectivity index (χ1v) is 7.64. The van der Waals surface area contributed by atoms with Crippen molar-refractivity contribution >= 4 is 28.6 Å². The summed E-state index contributed by atoms with van der Waals surface area (Å²) in [5.41, 5.74) is 0.459. The summed E-state index contributed by atoms with van der Waals surface area (Å²) in [5, 5.41) is 8.27. The smallest absolute Gasteiger partial charge is 0.273 e. The number of amides is 1. The fourth-order valence-corrected chi connectivity index (χ4v) is 3.32. The van der Waals surface area contributed by atoms with E-state index in [1.807, 2.05) is 17.5 Å². The summed E-state index contributed by atoms with van der Waals surface area (Å²) in [5.74, 6) is 0.523. The topological polar surface area (TPSA) is 59.2 Å². The van der Waals surface area contributed by atoms with Crippen LogP contribution in [-0.4, -0.2) is 28.0 Å². The Kier molecular flexibility index (Phi) is 3.62. The van der Waals surface area contributed by atoms with Gasteiger partial charge in [0, 0.05) is 18.5 Å². The highest BCUT2D eigenvalue weighted by atomic mass is 32.1. The first-order valence-electron chi connectivity index (χ1n) is 5.88. The Morgan fingerprint density at radius 1 is 1.40 bits per heavy atom. The summed E-state index contributed by atoms with van der Waals surface area (Å²) in [6.07, 6.45) is 1.56. The van der Waals surface area contributed by atoms with Crippen LogP contribution in [-0.2, 0) is 6.54 Å². The van der Waals surface area contributed by atoms with Gasteiger partial charge in [-0.2, -0.15) is 0 Å². The number of aromatic nitrogens is 2. The van der Waals surface area contributed by atoms with Crippen LogP contribution in [0.3, 0.4) is 0 Å². The highest BCUT2D eigenvalue weighted by molar-refractivity contribution is 7.20. The summed E-state index contributed by atoms with van der Waals surface area (Å²) in [4.78, 5) is 19.3. The van der Waals surface area contributed by atoms with E-state index in [-0.39, 0.29) is 5.91 Å². The molecule has 0 fully saturated rings. The highest BCUT2D eigenvalue weighted by Crippen LogP contribution is 2.28. The van der Waals surface area contributed by atoms with E-state index in [1.54, 1.807) is 40.9 Å². The summed E-state index contributed by atoms with van der Waals surface area (Å²) in [6, 6.07) is 5.71. The van der Waals surface area contributed by atoms with Crippen LogP contribution in [0.15, 0.2) is 39.7 Å². The first-order chi connectivity index (χ1) is 9.74. The number of hydrogen-bond acceptors (Lipinski definition) is 6. The van der Waals surface area contributed by atoms with E-state index < -0.39 is 0 Å². The number of hydrogen-bond donors (Lipinski definition) is 0. The average Bonchev–Trinajstić information content (AvgIpc) is 3.18. The maximum absolute atomic E-state index is 12.3. The maximum atomic E-state index is 12.3. The number of nitrogens with zero attached hydrogens (tertiary/aromatic N) is 3. The van der Waals surface area contributed by atoms with Crippen molar-refractivity contribution < 1.29 is 9.32 Å². The molecule has 0 aliphatic carbocycles. The molecule has 3 aromatic rings. The molecule has 0 aromatic carbocycles. The zero-order valence-electron chi connectivity index (χ0n) is 10.6. The predicted molar refractivity (Wildman–Crippen MR) is 77.7 cm³/mol. The molecule has 0 saturated heterocycles. The van der Waals surface area contributed by atoms with E-state index in [4.69, 9.17) is 4.52 Å². The van der Waals surface area contributed by atoms with E-state index in [0.29, 0.717) is 18.0 Å². The van der Waals surface area contributed by atoms with Crippen LogP contribution < -0.4 is 0 Å². The number of carbonyl (C=O) groups is 1. The van der Waals surface area contributed by atoms with E-state index in [2.05, 4.69) is 10.1 Å². The quantitative estimate of drug-likeness (QED) is 0.743. The van der Waals surface area contributed by atoms with Gasteiger partial charge in [-0.15, -0.1) is 22.7 Å². The first kappa shape index (κ1) is 13.0. The van der Waals surface area contributed by atoms with Crippen molar-refractivity contribution in [2.75, 3.05) is 7.05 Å². The Labute approximate surface area is 123 Å². The van der Waals surface area contributed by atoms with Gasteiger partial charge >= 0.3 is 0 Å². The van der Waals surface area contributed by atoms with Crippen molar-refractivity contribution in [2.24, 2.45) is 0 Å². The number of rotatable bonds is 4. The average molecular weight is 305 g/mol. The van der Waals surface area contributed by atoms with Crippen molar-refractivity contribution in [1.29, 1.82) is 0 Å². The second kappa shape index (κ2) is 5.56. The molecular weight excluding hydrogens is 294 g/mol. The minimum absolute atomic E-state index is 0.125. The zero-order chi connectivity index (χ0) is 13.9. The number of thiazole rings is 1. The van der Waals surface area contributed by atoms with Crippen LogP contribution in [0, 0.1) is 0 Å². The minimum atomic E-state index is -0.125. The third-order valence-corrected chi connectivity index (χ3v) is 4.57. The third-order valence-electron chi connectivity index (χ3n) is 2.69. The fraction of sp³-hybridized carbons (Fsp3) is 0.154. The van der Waals surface area contributed by atoms with E-state index in [0.717, 1.165) is 9.88 Å². The molecule has 0 saturated carbocycles.